The Morgan fingerprint density at radius 3 is 2.92 bits per heavy atom. The van der Waals surface area contributed by atoms with Crippen LogP contribution in [0.15, 0.2) is 11.0 Å². The molecule has 1 aromatic heterocycles. The maximum absolute atomic E-state index is 10.8. The molecule has 1 aromatic rings. The first-order valence-corrected chi connectivity index (χ1v) is 3.35. The summed E-state index contributed by atoms with van der Waals surface area (Å²) in [4.78, 5) is 13.1. The zero-order valence-corrected chi connectivity index (χ0v) is 6.24. The first-order valence-electron chi connectivity index (χ1n) is 3.35. The van der Waals surface area contributed by atoms with Crippen LogP contribution in [0.5, 0.6) is 5.88 Å². The van der Waals surface area contributed by atoms with Gasteiger partial charge in [0.25, 0.3) is 0 Å². The van der Waals surface area contributed by atoms with Crippen molar-refractivity contribution in [3.63, 3.8) is 0 Å². The monoisotopic (exact) mass is 168 g/mol. The maximum Gasteiger partial charge on any atom is 0.340 e. The second-order valence-electron chi connectivity index (χ2n) is 2.05. The van der Waals surface area contributed by atoms with Gasteiger partial charge in [-0.2, -0.15) is 4.57 Å². The summed E-state index contributed by atoms with van der Waals surface area (Å²) in [5, 5.41) is 17.4. The molecule has 0 fully saturated rings. The van der Waals surface area contributed by atoms with Crippen LogP contribution in [0.1, 0.15) is 6.42 Å². The lowest BCUT2D eigenvalue weighted by atomic mass is 10.5. The minimum Gasteiger partial charge on any atom is -0.493 e. The first-order chi connectivity index (χ1) is 5.75. The van der Waals surface area contributed by atoms with Gasteiger partial charge in [0.2, 0.25) is 5.88 Å². The number of imidazole rings is 1. The Labute approximate surface area is 68.3 Å². The lowest BCUT2D eigenvalue weighted by Gasteiger charge is -1.86. The number of hydrogen-bond donors (Lipinski definition) is 3. The summed E-state index contributed by atoms with van der Waals surface area (Å²) >= 11 is 0. The number of aliphatic hydroxyl groups is 1. The van der Waals surface area contributed by atoms with E-state index in [0.717, 1.165) is 10.8 Å². The van der Waals surface area contributed by atoms with Crippen molar-refractivity contribution in [2.24, 2.45) is 0 Å². The second kappa shape index (κ2) is 3.64. The van der Waals surface area contributed by atoms with Crippen molar-refractivity contribution in [3.8, 4) is 17.8 Å². The third kappa shape index (κ3) is 1.68. The van der Waals surface area contributed by atoms with Crippen LogP contribution in [0.25, 0.3) is 0 Å². The van der Waals surface area contributed by atoms with E-state index in [1.165, 1.54) is 0 Å². The van der Waals surface area contributed by atoms with Crippen LogP contribution in [-0.4, -0.2) is 26.4 Å². The lowest BCUT2D eigenvalue weighted by Crippen LogP contribution is -2.12. The summed E-state index contributed by atoms with van der Waals surface area (Å²) in [7, 11) is 0. The van der Waals surface area contributed by atoms with E-state index in [4.69, 9.17) is 10.2 Å². The average Bonchev–Trinajstić information content (AvgIpc) is 2.35. The van der Waals surface area contributed by atoms with E-state index in [0.29, 0.717) is 0 Å². The van der Waals surface area contributed by atoms with Gasteiger partial charge in [-0.15, -0.1) is 0 Å². The quantitative estimate of drug-likeness (QED) is 0.474. The Balaban J connectivity index is 2.90. The van der Waals surface area contributed by atoms with Crippen LogP contribution in [0.4, 0.5) is 0 Å². The summed E-state index contributed by atoms with van der Waals surface area (Å²) in [6.07, 6.45) is 1.42. The molecule has 0 bridgehead atoms. The molecule has 0 spiro atoms. The molecular formula is C7H8N2O3. The standard InChI is InChI=1S/C7H8N2O3/c10-4-2-1-3-9-6(11)5-8-7(9)12/h5,10-11H,2,4H2,(H,8,12). The molecule has 0 aliphatic rings. The van der Waals surface area contributed by atoms with Crippen molar-refractivity contribution in [1.29, 1.82) is 0 Å². The smallest absolute Gasteiger partial charge is 0.340 e. The lowest BCUT2D eigenvalue weighted by molar-refractivity contribution is 0.305. The van der Waals surface area contributed by atoms with E-state index in [-0.39, 0.29) is 18.9 Å². The maximum atomic E-state index is 10.8. The first kappa shape index (κ1) is 8.43. The number of hydrogen-bond acceptors (Lipinski definition) is 3. The summed E-state index contributed by atoms with van der Waals surface area (Å²) in [6, 6.07) is 2.38. The van der Waals surface area contributed by atoms with E-state index in [1.807, 2.05) is 0 Å². The number of aromatic amines is 1. The van der Waals surface area contributed by atoms with Gasteiger partial charge in [0, 0.05) is 12.5 Å². The zero-order chi connectivity index (χ0) is 8.97. The molecule has 5 nitrogen and oxygen atoms in total. The number of aliphatic hydroxyl groups excluding tert-OH is 1. The molecule has 64 valence electrons. The fourth-order valence-electron chi connectivity index (χ4n) is 0.658. The third-order valence-corrected chi connectivity index (χ3v) is 1.18. The van der Waals surface area contributed by atoms with E-state index in [1.54, 1.807) is 0 Å². The molecule has 3 N–H and O–H groups in total. The highest BCUT2D eigenvalue weighted by Gasteiger charge is 1.98. The number of nitrogens with zero attached hydrogens (tertiary/aromatic N) is 1. The van der Waals surface area contributed by atoms with Crippen LogP contribution in [-0.2, 0) is 0 Å². The number of nitrogens with one attached hydrogen (secondary N) is 1. The highest BCUT2D eigenvalue weighted by Crippen LogP contribution is 1.98. The molecule has 0 atom stereocenters. The predicted molar refractivity (Wildman–Crippen MR) is 41.6 cm³/mol. The third-order valence-electron chi connectivity index (χ3n) is 1.18. The van der Waals surface area contributed by atoms with E-state index in [9.17, 15) is 4.79 Å². The zero-order valence-electron chi connectivity index (χ0n) is 6.24. The molecule has 0 aliphatic carbocycles. The average molecular weight is 168 g/mol. The summed E-state index contributed by atoms with van der Waals surface area (Å²) in [6.45, 7) is -0.0626. The Morgan fingerprint density at radius 2 is 2.42 bits per heavy atom. The SMILES string of the molecule is O=c1[nH]cc(O)n1C#CCCO. The fourth-order valence-corrected chi connectivity index (χ4v) is 0.658. The van der Waals surface area contributed by atoms with E-state index >= 15 is 0 Å². The molecule has 5 heteroatoms. The molecule has 0 aliphatic heterocycles. The number of rotatable bonds is 1. The Hall–Kier alpha value is -1.67. The molecule has 0 radical (unpaired) electrons. The van der Waals surface area contributed by atoms with Crippen LogP contribution in [0.2, 0.25) is 0 Å². The highest BCUT2D eigenvalue weighted by molar-refractivity contribution is 5.14. The molecule has 1 heterocycles. The van der Waals surface area contributed by atoms with Gasteiger partial charge in [0.15, 0.2) is 0 Å². The van der Waals surface area contributed by atoms with Gasteiger partial charge in [0.1, 0.15) is 0 Å². The summed E-state index contributed by atoms with van der Waals surface area (Å²) in [5.41, 5.74) is -0.488. The highest BCUT2D eigenvalue weighted by atomic mass is 16.3. The molecule has 0 aromatic carbocycles. The normalized spacial score (nSPS) is 9.08. The Bertz CT molecular complexity index is 366. The van der Waals surface area contributed by atoms with Gasteiger partial charge in [-0.1, -0.05) is 5.92 Å². The van der Waals surface area contributed by atoms with Crippen LogP contribution < -0.4 is 5.69 Å². The molecule has 0 unspecified atom stereocenters. The minimum atomic E-state index is -0.488. The van der Waals surface area contributed by atoms with Gasteiger partial charge in [0.05, 0.1) is 12.8 Å². The molecule has 0 saturated heterocycles. The molecule has 12 heavy (non-hydrogen) atoms. The molecule has 1 rings (SSSR count). The van der Waals surface area contributed by atoms with E-state index < -0.39 is 5.69 Å². The largest absolute Gasteiger partial charge is 0.493 e. The van der Waals surface area contributed by atoms with Crippen LogP contribution >= 0.6 is 0 Å². The van der Waals surface area contributed by atoms with Crippen molar-refractivity contribution >= 4 is 0 Å². The number of H-pyrrole nitrogens is 1. The van der Waals surface area contributed by atoms with Crippen molar-refractivity contribution in [2.45, 2.75) is 6.42 Å². The predicted octanol–water partition coefficient (Wildman–Crippen LogP) is -0.927. The Kier molecular flexibility index (Phi) is 2.56. The molecular weight excluding hydrogens is 160 g/mol. The van der Waals surface area contributed by atoms with E-state index in [2.05, 4.69) is 16.9 Å². The van der Waals surface area contributed by atoms with Gasteiger partial charge in [-0.05, 0) is 0 Å². The fraction of sp³-hybridized carbons (Fsp3) is 0.286. The van der Waals surface area contributed by atoms with Crippen molar-refractivity contribution < 1.29 is 10.2 Å². The number of aromatic hydroxyl groups is 1. The van der Waals surface area contributed by atoms with Gasteiger partial charge in [-0.3, -0.25) is 0 Å². The van der Waals surface area contributed by atoms with Gasteiger partial charge in [-0.25, -0.2) is 4.79 Å². The van der Waals surface area contributed by atoms with Crippen molar-refractivity contribution in [1.82, 2.24) is 9.55 Å². The molecule has 0 saturated carbocycles. The topological polar surface area (TPSA) is 78.2 Å². The van der Waals surface area contributed by atoms with Crippen LogP contribution in [0, 0.1) is 12.0 Å². The van der Waals surface area contributed by atoms with Crippen molar-refractivity contribution in [3.05, 3.63) is 16.7 Å². The Morgan fingerprint density at radius 1 is 1.67 bits per heavy atom. The number of aromatic nitrogens is 2. The minimum absolute atomic E-state index is 0.0626. The van der Waals surface area contributed by atoms with Gasteiger partial charge < -0.3 is 15.2 Å². The summed E-state index contributed by atoms with van der Waals surface area (Å²) in [5.74, 6) is 2.27. The van der Waals surface area contributed by atoms with Gasteiger partial charge >= 0.3 is 5.69 Å². The molecule has 0 amide bonds. The second-order valence-corrected chi connectivity index (χ2v) is 2.05. The van der Waals surface area contributed by atoms with Crippen molar-refractivity contribution in [2.75, 3.05) is 6.61 Å². The summed E-state index contributed by atoms with van der Waals surface area (Å²) < 4.78 is 0.871. The van der Waals surface area contributed by atoms with Crippen LogP contribution in [0.3, 0.4) is 0 Å².